The van der Waals surface area contributed by atoms with Crippen LogP contribution in [0.25, 0.3) is 0 Å². The summed E-state index contributed by atoms with van der Waals surface area (Å²) in [6.07, 6.45) is 0.941. The van der Waals surface area contributed by atoms with Crippen LogP contribution >= 0.6 is 0 Å². The quantitative estimate of drug-likeness (QED) is 0.746. The molecule has 0 unspecified atom stereocenters. The van der Waals surface area contributed by atoms with E-state index in [1.165, 1.54) is 12.1 Å². The summed E-state index contributed by atoms with van der Waals surface area (Å²) in [5.41, 5.74) is 5.67. The van der Waals surface area contributed by atoms with Gasteiger partial charge in [0.25, 0.3) is 0 Å². The molecule has 0 amide bonds. The van der Waals surface area contributed by atoms with E-state index >= 15 is 0 Å². The minimum absolute atomic E-state index is 0.0553. The van der Waals surface area contributed by atoms with Gasteiger partial charge in [0.05, 0.1) is 0 Å². The van der Waals surface area contributed by atoms with Gasteiger partial charge in [-0.2, -0.15) is 0 Å². The number of anilines is 2. The van der Waals surface area contributed by atoms with Crippen molar-refractivity contribution < 1.29 is 8.78 Å². The summed E-state index contributed by atoms with van der Waals surface area (Å²) < 4.78 is 27.3. The molecule has 0 radical (unpaired) electrons. The first kappa shape index (κ1) is 11.2. The van der Waals surface area contributed by atoms with Crippen molar-refractivity contribution in [2.45, 2.75) is 20.3 Å². The molecular weight excluding hydrogens is 210 g/mol. The van der Waals surface area contributed by atoms with Gasteiger partial charge in [-0.05, 0) is 24.0 Å². The van der Waals surface area contributed by atoms with E-state index in [4.69, 9.17) is 5.73 Å². The Morgan fingerprint density at radius 2 is 1.81 bits per heavy atom. The Labute approximate surface area is 94.0 Å². The molecule has 2 rings (SSSR count). The van der Waals surface area contributed by atoms with Gasteiger partial charge < -0.3 is 10.6 Å². The smallest absolute Gasteiger partial charge is 0.151 e. The van der Waals surface area contributed by atoms with Gasteiger partial charge in [-0.3, -0.25) is 0 Å². The molecule has 1 aromatic carbocycles. The van der Waals surface area contributed by atoms with Crippen molar-refractivity contribution in [1.82, 2.24) is 0 Å². The second-order valence-corrected chi connectivity index (χ2v) is 5.17. The maximum atomic E-state index is 13.7. The van der Waals surface area contributed by atoms with E-state index in [9.17, 15) is 8.78 Å². The van der Waals surface area contributed by atoms with Gasteiger partial charge in [0, 0.05) is 18.8 Å². The fourth-order valence-electron chi connectivity index (χ4n) is 2.19. The molecule has 1 saturated heterocycles. The fraction of sp³-hybridized carbons (Fsp3) is 0.500. The minimum atomic E-state index is -0.574. The van der Waals surface area contributed by atoms with E-state index < -0.39 is 11.6 Å². The lowest BCUT2D eigenvalue weighted by Gasteiger charge is -2.22. The van der Waals surface area contributed by atoms with Crippen molar-refractivity contribution in [3.8, 4) is 0 Å². The molecule has 1 aromatic rings. The molecule has 1 aliphatic rings. The van der Waals surface area contributed by atoms with E-state index in [1.54, 1.807) is 4.90 Å². The lowest BCUT2D eigenvalue weighted by atomic mass is 9.93. The van der Waals surface area contributed by atoms with Crippen LogP contribution in [0.3, 0.4) is 0 Å². The second-order valence-electron chi connectivity index (χ2n) is 5.17. The maximum Gasteiger partial charge on any atom is 0.151 e. The predicted molar refractivity (Wildman–Crippen MR) is 61.4 cm³/mol. The molecule has 0 bridgehead atoms. The number of nitrogen functional groups attached to an aromatic ring is 1. The third kappa shape index (κ3) is 1.96. The number of rotatable bonds is 1. The first-order valence-corrected chi connectivity index (χ1v) is 5.38. The summed E-state index contributed by atoms with van der Waals surface area (Å²) >= 11 is 0. The molecule has 1 fully saturated rings. The number of nitrogens with zero attached hydrogens (tertiary/aromatic N) is 1. The second kappa shape index (κ2) is 3.61. The molecule has 1 heterocycles. The van der Waals surface area contributed by atoms with Crippen molar-refractivity contribution in [3.05, 3.63) is 23.8 Å². The van der Waals surface area contributed by atoms with Gasteiger partial charge in [-0.1, -0.05) is 13.8 Å². The van der Waals surface area contributed by atoms with E-state index in [2.05, 4.69) is 13.8 Å². The molecule has 4 heteroatoms. The van der Waals surface area contributed by atoms with E-state index in [0.717, 1.165) is 6.42 Å². The molecule has 16 heavy (non-hydrogen) atoms. The van der Waals surface area contributed by atoms with Crippen molar-refractivity contribution in [2.24, 2.45) is 5.41 Å². The Balaban J connectivity index is 2.35. The topological polar surface area (TPSA) is 29.3 Å². The molecule has 0 spiro atoms. The summed E-state index contributed by atoms with van der Waals surface area (Å²) in [5.74, 6) is -1.15. The molecule has 88 valence electrons. The van der Waals surface area contributed by atoms with Crippen LogP contribution in [0.2, 0.25) is 0 Å². The van der Waals surface area contributed by atoms with Crippen LogP contribution in [0.15, 0.2) is 12.1 Å². The molecule has 0 aliphatic carbocycles. The van der Waals surface area contributed by atoms with Gasteiger partial charge >= 0.3 is 0 Å². The lowest BCUT2D eigenvalue weighted by molar-refractivity contribution is 0.417. The van der Waals surface area contributed by atoms with E-state index in [1.807, 2.05) is 0 Å². The van der Waals surface area contributed by atoms with Gasteiger partial charge in [0.2, 0.25) is 0 Å². The van der Waals surface area contributed by atoms with Crippen LogP contribution in [-0.2, 0) is 0 Å². The van der Waals surface area contributed by atoms with E-state index in [0.29, 0.717) is 13.1 Å². The first-order valence-electron chi connectivity index (χ1n) is 5.38. The molecule has 1 aliphatic heterocycles. The Bertz CT molecular complexity index is 392. The molecule has 2 N–H and O–H groups in total. The van der Waals surface area contributed by atoms with Crippen LogP contribution in [-0.4, -0.2) is 13.1 Å². The normalized spacial score (nSPS) is 19.1. The first-order chi connectivity index (χ1) is 7.39. The predicted octanol–water partition coefficient (Wildman–Crippen LogP) is 2.78. The summed E-state index contributed by atoms with van der Waals surface area (Å²) in [5, 5.41) is 0. The lowest BCUT2D eigenvalue weighted by Crippen LogP contribution is -2.24. The number of hydrogen-bond acceptors (Lipinski definition) is 2. The zero-order valence-electron chi connectivity index (χ0n) is 9.56. The van der Waals surface area contributed by atoms with Gasteiger partial charge in [0.1, 0.15) is 5.69 Å². The minimum Gasteiger partial charge on any atom is -0.399 e. The summed E-state index contributed by atoms with van der Waals surface area (Å²) in [7, 11) is 0. The number of hydrogen-bond donors (Lipinski definition) is 1. The van der Waals surface area contributed by atoms with Crippen LogP contribution < -0.4 is 10.6 Å². The zero-order valence-corrected chi connectivity index (χ0v) is 9.56. The Hall–Kier alpha value is -1.32. The zero-order chi connectivity index (χ0) is 11.9. The molecule has 2 nitrogen and oxygen atoms in total. The fourth-order valence-corrected chi connectivity index (χ4v) is 2.19. The highest BCUT2D eigenvalue weighted by molar-refractivity contribution is 5.56. The summed E-state index contributed by atoms with van der Waals surface area (Å²) in [6.45, 7) is 5.55. The van der Waals surface area contributed by atoms with Gasteiger partial charge in [0.15, 0.2) is 11.6 Å². The largest absolute Gasteiger partial charge is 0.399 e. The third-order valence-corrected chi connectivity index (χ3v) is 3.03. The summed E-state index contributed by atoms with van der Waals surface area (Å²) in [4.78, 5) is 1.75. The average molecular weight is 226 g/mol. The molecule has 0 saturated carbocycles. The standard InChI is InChI=1S/C12H16F2N2/c1-12(2)3-4-16(7-12)11-9(13)5-8(15)6-10(11)14/h5-6H,3-4,7,15H2,1-2H3. The van der Waals surface area contributed by atoms with Crippen molar-refractivity contribution >= 4 is 11.4 Å². The average Bonchev–Trinajstić information content (AvgIpc) is 2.44. The Morgan fingerprint density at radius 3 is 2.25 bits per heavy atom. The van der Waals surface area contributed by atoms with Crippen molar-refractivity contribution in [3.63, 3.8) is 0 Å². The third-order valence-electron chi connectivity index (χ3n) is 3.03. The number of nitrogens with two attached hydrogens (primary N) is 1. The number of halogens is 2. The van der Waals surface area contributed by atoms with Crippen molar-refractivity contribution in [1.29, 1.82) is 0 Å². The van der Waals surface area contributed by atoms with Crippen molar-refractivity contribution in [2.75, 3.05) is 23.7 Å². The van der Waals surface area contributed by atoms with Gasteiger partial charge in [-0.25, -0.2) is 8.78 Å². The Morgan fingerprint density at radius 1 is 1.25 bits per heavy atom. The highest BCUT2D eigenvalue weighted by Crippen LogP contribution is 2.35. The summed E-state index contributed by atoms with van der Waals surface area (Å²) in [6, 6.07) is 2.34. The molecular formula is C12H16F2N2. The maximum absolute atomic E-state index is 13.7. The van der Waals surface area contributed by atoms with Crippen LogP contribution in [0.4, 0.5) is 20.2 Å². The highest BCUT2D eigenvalue weighted by Gasteiger charge is 2.32. The molecule has 0 aromatic heterocycles. The van der Waals surface area contributed by atoms with Crippen LogP contribution in [0.1, 0.15) is 20.3 Å². The van der Waals surface area contributed by atoms with Crippen LogP contribution in [0, 0.1) is 17.0 Å². The molecule has 0 atom stereocenters. The van der Waals surface area contributed by atoms with E-state index in [-0.39, 0.29) is 16.8 Å². The van der Waals surface area contributed by atoms with Crippen LogP contribution in [0.5, 0.6) is 0 Å². The monoisotopic (exact) mass is 226 g/mol. The Kier molecular flexibility index (Phi) is 2.52. The SMILES string of the molecule is CC1(C)CCN(c2c(F)cc(N)cc2F)C1. The van der Waals surface area contributed by atoms with Gasteiger partial charge in [-0.15, -0.1) is 0 Å². The number of benzene rings is 1. The highest BCUT2D eigenvalue weighted by atomic mass is 19.1.